The lowest BCUT2D eigenvalue weighted by molar-refractivity contribution is -0.142. The van der Waals surface area contributed by atoms with Crippen molar-refractivity contribution in [2.24, 2.45) is 5.92 Å². The molecule has 0 spiro atoms. The van der Waals surface area contributed by atoms with E-state index < -0.39 is 12.0 Å². The van der Waals surface area contributed by atoms with Crippen LogP contribution in [-0.4, -0.2) is 53.5 Å². The molecule has 2 aromatic carbocycles. The van der Waals surface area contributed by atoms with E-state index in [-0.39, 0.29) is 30.6 Å². The van der Waals surface area contributed by atoms with Crippen LogP contribution in [0, 0.1) is 9.49 Å². The summed E-state index contributed by atoms with van der Waals surface area (Å²) in [7, 11) is 0. The summed E-state index contributed by atoms with van der Waals surface area (Å²) in [6.07, 6.45) is 3.17. The molecule has 3 rings (SSSR count). The van der Waals surface area contributed by atoms with Gasteiger partial charge in [0.25, 0.3) is 0 Å². The first kappa shape index (κ1) is 27.0. The van der Waals surface area contributed by atoms with Crippen molar-refractivity contribution in [1.82, 2.24) is 10.2 Å². The van der Waals surface area contributed by atoms with E-state index in [2.05, 4.69) is 27.9 Å². The van der Waals surface area contributed by atoms with Crippen LogP contribution in [0.2, 0.25) is 0 Å². The van der Waals surface area contributed by atoms with Gasteiger partial charge < -0.3 is 20.1 Å². The van der Waals surface area contributed by atoms with E-state index in [9.17, 15) is 19.5 Å². The summed E-state index contributed by atoms with van der Waals surface area (Å²) in [5.74, 6) is -0.172. The number of carbonyl (C=O) groups is 3. The third-order valence-corrected chi connectivity index (χ3v) is 7.01. The minimum atomic E-state index is -1.04. The second-order valence-corrected chi connectivity index (χ2v) is 10.1. The van der Waals surface area contributed by atoms with Gasteiger partial charge in [0.15, 0.2) is 0 Å². The number of benzene rings is 2. The molecule has 2 aromatic rings. The van der Waals surface area contributed by atoms with Crippen molar-refractivity contribution in [3.8, 4) is 5.75 Å². The lowest BCUT2D eigenvalue weighted by Crippen LogP contribution is -2.44. The number of hydrogen-bond acceptors (Lipinski definition) is 4. The first-order valence-corrected chi connectivity index (χ1v) is 13.2. The molecule has 1 saturated heterocycles. The van der Waals surface area contributed by atoms with Gasteiger partial charge in [0, 0.05) is 35.9 Å². The minimum Gasteiger partial charge on any atom is -0.494 e. The molecule has 0 aliphatic carbocycles. The Balaban J connectivity index is 1.39. The number of aryl methyl sites for hydroxylation is 1. The van der Waals surface area contributed by atoms with Crippen molar-refractivity contribution in [2.45, 2.75) is 51.5 Å². The molecule has 8 heteroatoms. The van der Waals surface area contributed by atoms with E-state index in [4.69, 9.17) is 4.74 Å². The van der Waals surface area contributed by atoms with Crippen molar-refractivity contribution in [3.05, 3.63) is 63.2 Å². The third kappa shape index (κ3) is 8.83. The summed E-state index contributed by atoms with van der Waals surface area (Å²) in [5.41, 5.74) is 1.97. The predicted octanol–water partition coefficient (Wildman–Crippen LogP) is 4.06. The highest BCUT2D eigenvalue weighted by Crippen LogP contribution is 2.22. The van der Waals surface area contributed by atoms with E-state index in [1.807, 2.05) is 60.4 Å². The maximum absolute atomic E-state index is 12.6. The number of nitrogens with zero attached hydrogens (tertiary/aromatic N) is 1. The van der Waals surface area contributed by atoms with Crippen LogP contribution in [0.25, 0.3) is 0 Å². The van der Waals surface area contributed by atoms with Gasteiger partial charge in [-0.05, 0) is 90.1 Å². The molecule has 35 heavy (non-hydrogen) atoms. The third-order valence-electron chi connectivity index (χ3n) is 6.29. The summed E-state index contributed by atoms with van der Waals surface area (Å²) >= 11 is 2.20. The molecule has 0 bridgehead atoms. The van der Waals surface area contributed by atoms with Crippen molar-refractivity contribution in [3.63, 3.8) is 0 Å². The predicted molar refractivity (Wildman–Crippen MR) is 142 cm³/mol. The zero-order valence-corrected chi connectivity index (χ0v) is 22.2. The molecule has 0 saturated carbocycles. The Morgan fingerprint density at radius 1 is 1.06 bits per heavy atom. The van der Waals surface area contributed by atoms with Crippen molar-refractivity contribution in [1.29, 1.82) is 0 Å². The van der Waals surface area contributed by atoms with E-state index >= 15 is 0 Å². The van der Waals surface area contributed by atoms with Gasteiger partial charge in [-0.15, -0.1) is 0 Å². The topological polar surface area (TPSA) is 95.9 Å². The van der Waals surface area contributed by atoms with Crippen molar-refractivity contribution < 1.29 is 24.2 Å². The molecule has 1 unspecified atom stereocenters. The first-order chi connectivity index (χ1) is 16.8. The van der Waals surface area contributed by atoms with Gasteiger partial charge >= 0.3 is 5.97 Å². The number of nitrogens with one attached hydrogen (secondary N) is 1. The molecule has 0 aromatic heterocycles. The Labute approximate surface area is 220 Å². The van der Waals surface area contributed by atoms with Crippen molar-refractivity contribution in [2.75, 3.05) is 19.7 Å². The Hall–Kier alpha value is -2.62. The highest BCUT2D eigenvalue weighted by Gasteiger charge is 2.26. The fourth-order valence-electron chi connectivity index (χ4n) is 4.29. The number of carboxylic acid groups (broad SMARTS) is 1. The molecule has 2 amide bonds. The average molecular weight is 592 g/mol. The van der Waals surface area contributed by atoms with Crippen molar-refractivity contribution >= 4 is 40.4 Å². The number of carbonyl (C=O) groups excluding carboxylic acids is 2. The van der Waals surface area contributed by atoms with Gasteiger partial charge in [-0.3, -0.25) is 9.59 Å². The van der Waals surface area contributed by atoms with Gasteiger partial charge in [-0.1, -0.05) is 24.3 Å². The fraction of sp³-hybridized carbons (Fsp3) is 0.444. The molecule has 7 nitrogen and oxygen atoms in total. The molecular formula is C27H33IN2O5. The fourth-order valence-corrected chi connectivity index (χ4v) is 4.65. The second-order valence-electron chi connectivity index (χ2n) is 8.89. The smallest absolute Gasteiger partial charge is 0.326 e. The van der Waals surface area contributed by atoms with Crippen LogP contribution in [-0.2, 0) is 27.2 Å². The zero-order chi connectivity index (χ0) is 25.2. The molecule has 1 heterocycles. The van der Waals surface area contributed by atoms with Crippen LogP contribution in [0.1, 0.15) is 43.7 Å². The molecule has 1 aliphatic rings. The monoisotopic (exact) mass is 592 g/mol. The zero-order valence-electron chi connectivity index (χ0n) is 20.0. The van der Waals surface area contributed by atoms with Crippen LogP contribution < -0.4 is 10.1 Å². The summed E-state index contributed by atoms with van der Waals surface area (Å²) in [6.45, 7) is 3.83. The average Bonchev–Trinajstić information content (AvgIpc) is 2.85. The number of rotatable bonds is 11. The summed E-state index contributed by atoms with van der Waals surface area (Å²) in [6, 6.07) is 14.5. The van der Waals surface area contributed by atoms with E-state index in [1.54, 1.807) is 0 Å². The van der Waals surface area contributed by atoms with Crippen LogP contribution in [0.4, 0.5) is 0 Å². The molecule has 1 atom stereocenters. The largest absolute Gasteiger partial charge is 0.494 e. The maximum Gasteiger partial charge on any atom is 0.326 e. The molecule has 188 valence electrons. The number of likely N-dealkylation sites (tertiary alicyclic amines) is 1. The summed E-state index contributed by atoms with van der Waals surface area (Å²) < 4.78 is 6.52. The van der Waals surface area contributed by atoms with Crippen LogP contribution in [0.3, 0.4) is 0 Å². The van der Waals surface area contributed by atoms with E-state index in [0.717, 1.165) is 33.3 Å². The highest BCUT2D eigenvalue weighted by atomic mass is 127. The number of aliphatic carboxylic acids is 1. The van der Waals surface area contributed by atoms with Crippen LogP contribution >= 0.6 is 22.6 Å². The normalized spacial score (nSPS) is 14.9. The Bertz CT molecular complexity index is 986. The lowest BCUT2D eigenvalue weighted by Gasteiger charge is -2.32. The van der Waals surface area contributed by atoms with Gasteiger partial charge in [-0.2, -0.15) is 0 Å². The van der Waals surface area contributed by atoms with E-state index in [0.29, 0.717) is 32.5 Å². The Kier molecular flexibility index (Phi) is 10.4. The van der Waals surface area contributed by atoms with E-state index in [1.165, 1.54) is 0 Å². The number of ether oxygens (including phenoxy) is 1. The minimum absolute atomic E-state index is 0.130. The quantitative estimate of drug-likeness (QED) is 0.384. The van der Waals surface area contributed by atoms with Gasteiger partial charge in [0.2, 0.25) is 11.8 Å². The number of carboxylic acids is 1. The number of amides is 2. The molecular weight excluding hydrogens is 559 g/mol. The number of hydrogen-bond donors (Lipinski definition) is 2. The summed E-state index contributed by atoms with van der Waals surface area (Å²) in [5, 5.41) is 12.2. The second kappa shape index (κ2) is 13.5. The lowest BCUT2D eigenvalue weighted by atomic mass is 9.92. The molecule has 1 fully saturated rings. The van der Waals surface area contributed by atoms with Crippen LogP contribution in [0.15, 0.2) is 48.5 Å². The Morgan fingerprint density at radius 3 is 2.29 bits per heavy atom. The van der Waals surface area contributed by atoms with Gasteiger partial charge in [0.05, 0.1) is 6.61 Å². The first-order valence-electron chi connectivity index (χ1n) is 12.1. The van der Waals surface area contributed by atoms with Gasteiger partial charge in [-0.25, -0.2) is 4.79 Å². The van der Waals surface area contributed by atoms with Gasteiger partial charge in [0.1, 0.15) is 11.8 Å². The molecule has 0 radical (unpaired) electrons. The number of halogens is 1. The molecule has 1 aliphatic heterocycles. The van der Waals surface area contributed by atoms with Crippen LogP contribution in [0.5, 0.6) is 5.75 Å². The standard InChI is InChI=1S/C27H33IN2O5/c1-2-35-23-10-5-19(6-11-23)7-12-26(32)30-15-13-21(14-16-30)18-25(31)29-24(27(33)34)17-20-3-8-22(28)9-4-20/h3-6,8-11,21,24H,2,7,12-18H2,1H3,(H,29,31)(H,33,34). The number of piperidine rings is 1. The maximum atomic E-state index is 12.6. The highest BCUT2D eigenvalue weighted by molar-refractivity contribution is 14.1. The Morgan fingerprint density at radius 2 is 1.69 bits per heavy atom. The molecule has 2 N–H and O–H groups in total. The summed E-state index contributed by atoms with van der Waals surface area (Å²) in [4.78, 5) is 38.7. The SMILES string of the molecule is CCOc1ccc(CCC(=O)N2CCC(CC(=O)NC(Cc3ccc(I)cc3)C(=O)O)CC2)cc1.